The topological polar surface area (TPSA) is 37.4 Å². The Kier molecular flexibility index (Phi) is 4.74. The van der Waals surface area contributed by atoms with Crippen molar-refractivity contribution in [3.05, 3.63) is 42.5 Å². The van der Waals surface area contributed by atoms with E-state index in [0.29, 0.717) is 10.8 Å². The second kappa shape index (κ2) is 6.62. The lowest BCUT2D eigenvalue weighted by Gasteiger charge is -2.35. The van der Waals surface area contributed by atoms with E-state index in [1.807, 2.05) is 37.3 Å². The number of fused-ring (bicyclic) bond motifs is 1. The van der Waals surface area contributed by atoms with E-state index >= 15 is 0 Å². The van der Waals surface area contributed by atoms with Crippen LogP contribution in [0.3, 0.4) is 0 Å². The van der Waals surface area contributed by atoms with Crippen LogP contribution < -0.4 is 0 Å². The van der Waals surface area contributed by atoms with Gasteiger partial charge in [-0.15, -0.1) is 0 Å². The monoisotopic (exact) mass is 331 g/mol. The molecule has 3 nitrogen and oxygen atoms in total. The molecular formula is C19H25NO2S. The van der Waals surface area contributed by atoms with E-state index in [2.05, 4.69) is 11.8 Å². The first-order valence-electron chi connectivity index (χ1n) is 8.41. The van der Waals surface area contributed by atoms with E-state index < -0.39 is 9.84 Å². The third-order valence-electron chi connectivity index (χ3n) is 4.85. The van der Waals surface area contributed by atoms with Gasteiger partial charge in [0.1, 0.15) is 0 Å². The molecule has 0 saturated carbocycles. The van der Waals surface area contributed by atoms with Gasteiger partial charge in [-0.2, -0.15) is 0 Å². The summed E-state index contributed by atoms with van der Waals surface area (Å²) in [6.45, 7) is 6.31. The van der Waals surface area contributed by atoms with Crippen molar-refractivity contribution in [3.63, 3.8) is 0 Å². The molecule has 124 valence electrons. The summed E-state index contributed by atoms with van der Waals surface area (Å²) in [5.41, 5.74) is 0. The van der Waals surface area contributed by atoms with Gasteiger partial charge in [-0.1, -0.05) is 37.3 Å². The summed E-state index contributed by atoms with van der Waals surface area (Å²) < 4.78 is 25.6. The van der Waals surface area contributed by atoms with Crippen LogP contribution in [0.2, 0.25) is 0 Å². The zero-order chi connectivity index (χ0) is 16.4. The predicted octanol–water partition coefficient (Wildman–Crippen LogP) is 3.73. The molecule has 0 spiro atoms. The summed E-state index contributed by atoms with van der Waals surface area (Å²) in [6, 6.07) is 13.4. The molecule has 2 aromatic rings. The maximum atomic E-state index is 12.8. The molecule has 1 aliphatic rings. The standard InChI is InChI=1S/C19H25NO2S/c1-15-6-5-11-20(13-15)16(2)14-23(21,22)19-10-9-17-7-3-4-8-18(17)12-19/h3-4,7-10,12,15-16H,5-6,11,13-14H2,1-2H3/t15-,16+/m1/s1. The van der Waals surface area contributed by atoms with Crippen LogP contribution in [0.5, 0.6) is 0 Å². The fourth-order valence-electron chi connectivity index (χ4n) is 3.51. The molecule has 1 fully saturated rings. The number of benzene rings is 2. The Labute approximate surface area is 139 Å². The summed E-state index contributed by atoms with van der Waals surface area (Å²) in [5, 5.41) is 2.05. The smallest absolute Gasteiger partial charge is 0.179 e. The van der Waals surface area contributed by atoms with Gasteiger partial charge in [-0.25, -0.2) is 8.42 Å². The van der Waals surface area contributed by atoms with Gasteiger partial charge in [0.2, 0.25) is 0 Å². The summed E-state index contributed by atoms with van der Waals surface area (Å²) in [6.07, 6.45) is 2.42. The number of likely N-dealkylation sites (tertiary alicyclic amines) is 1. The van der Waals surface area contributed by atoms with Crippen molar-refractivity contribution in [2.45, 2.75) is 37.6 Å². The van der Waals surface area contributed by atoms with Gasteiger partial charge in [-0.3, -0.25) is 4.90 Å². The first-order valence-corrected chi connectivity index (χ1v) is 10.1. The SMILES string of the molecule is C[C@@H]1CCCN([C@@H](C)CS(=O)(=O)c2ccc3ccccc3c2)C1. The van der Waals surface area contributed by atoms with Gasteiger partial charge in [0, 0.05) is 12.6 Å². The van der Waals surface area contributed by atoms with Gasteiger partial charge in [0.05, 0.1) is 10.6 Å². The molecule has 0 radical (unpaired) electrons. The molecule has 23 heavy (non-hydrogen) atoms. The Bertz CT molecular complexity index is 785. The molecule has 1 heterocycles. The van der Waals surface area contributed by atoms with Crippen molar-refractivity contribution in [2.75, 3.05) is 18.8 Å². The van der Waals surface area contributed by atoms with Crippen LogP contribution in [-0.2, 0) is 9.84 Å². The third kappa shape index (κ3) is 3.75. The Morgan fingerprint density at radius 2 is 1.91 bits per heavy atom. The van der Waals surface area contributed by atoms with Crippen LogP contribution in [0.1, 0.15) is 26.7 Å². The van der Waals surface area contributed by atoms with Crippen LogP contribution >= 0.6 is 0 Å². The number of hydrogen-bond acceptors (Lipinski definition) is 3. The second-order valence-electron chi connectivity index (χ2n) is 6.88. The van der Waals surface area contributed by atoms with Crippen molar-refractivity contribution >= 4 is 20.6 Å². The highest BCUT2D eigenvalue weighted by Crippen LogP contribution is 2.23. The van der Waals surface area contributed by atoms with Gasteiger partial charge in [-0.05, 0) is 55.1 Å². The predicted molar refractivity (Wildman–Crippen MR) is 95.4 cm³/mol. The molecule has 0 aromatic heterocycles. The molecule has 4 heteroatoms. The minimum Gasteiger partial charge on any atom is -0.299 e. The molecule has 1 aliphatic heterocycles. The summed E-state index contributed by atoms with van der Waals surface area (Å²) in [5.74, 6) is 0.854. The minimum absolute atomic E-state index is 0.0641. The van der Waals surface area contributed by atoms with Gasteiger partial charge >= 0.3 is 0 Å². The van der Waals surface area contributed by atoms with Crippen molar-refractivity contribution < 1.29 is 8.42 Å². The maximum Gasteiger partial charge on any atom is 0.179 e. The van der Waals surface area contributed by atoms with Gasteiger partial charge in [0.25, 0.3) is 0 Å². The van der Waals surface area contributed by atoms with Gasteiger partial charge in [0.15, 0.2) is 9.84 Å². The maximum absolute atomic E-state index is 12.8. The van der Waals surface area contributed by atoms with Crippen molar-refractivity contribution in [3.8, 4) is 0 Å². The first-order chi connectivity index (χ1) is 11.0. The highest BCUT2D eigenvalue weighted by molar-refractivity contribution is 7.91. The second-order valence-corrected chi connectivity index (χ2v) is 8.92. The Hall–Kier alpha value is -1.39. The average molecular weight is 331 g/mol. The van der Waals surface area contributed by atoms with E-state index in [4.69, 9.17) is 0 Å². The summed E-state index contributed by atoms with van der Waals surface area (Å²) >= 11 is 0. The van der Waals surface area contributed by atoms with Crippen molar-refractivity contribution in [2.24, 2.45) is 5.92 Å². The molecule has 0 N–H and O–H groups in total. The summed E-state index contributed by atoms with van der Waals surface area (Å²) in [4.78, 5) is 2.76. The Balaban J connectivity index is 1.79. The Morgan fingerprint density at radius 1 is 1.17 bits per heavy atom. The number of rotatable bonds is 4. The minimum atomic E-state index is -3.26. The lowest BCUT2D eigenvalue weighted by atomic mass is 9.99. The lowest BCUT2D eigenvalue weighted by Crippen LogP contribution is -2.43. The van der Waals surface area contributed by atoms with Crippen LogP contribution in [0.15, 0.2) is 47.4 Å². The van der Waals surface area contributed by atoms with Crippen molar-refractivity contribution in [1.82, 2.24) is 4.90 Å². The Morgan fingerprint density at radius 3 is 2.65 bits per heavy atom. The van der Waals surface area contributed by atoms with Crippen LogP contribution in [0.4, 0.5) is 0 Å². The molecule has 2 aromatic carbocycles. The number of hydrogen-bond donors (Lipinski definition) is 0. The average Bonchev–Trinajstić information content (AvgIpc) is 2.54. The summed E-state index contributed by atoms with van der Waals surface area (Å²) in [7, 11) is -3.26. The van der Waals surface area contributed by atoms with E-state index in [9.17, 15) is 8.42 Å². The van der Waals surface area contributed by atoms with E-state index in [1.54, 1.807) is 12.1 Å². The molecule has 0 bridgehead atoms. The molecule has 3 rings (SSSR count). The third-order valence-corrected chi connectivity index (χ3v) is 6.75. The number of piperidine rings is 1. The zero-order valence-electron chi connectivity index (χ0n) is 13.9. The first kappa shape index (κ1) is 16.5. The number of sulfone groups is 1. The zero-order valence-corrected chi connectivity index (χ0v) is 14.7. The molecule has 0 unspecified atom stereocenters. The van der Waals surface area contributed by atoms with E-state index in [1.165, 1.54) is 12.8 Å². The molecule has 0 aliphatic carbocycles. The quantitative estimate of drug-likeness (QED) is 0.856. The number of nitrogens with zero attached hydrogens (tertiary/aromatic N) is 1. The normalized spacial score (nSPS) is 21.4. The fourth-order valence-corrected chi connectivity index (χ4v) is 5.13. The van der Waals surface area contributed by atoms with E-state index in [-0.39, 0.29) is 11.8 Å². The largest absolute Gasteiger partial charge is 0.299 e. The van der Waals surface area contributed by atoms with E-state index in [0.717, 1.165) is 23.9 Å². The fraction of sp³-hybridized carbons (Fsp3) is 0.474. The van der Waals surface area contributed by atoms with Gasteiger partial charge < -0.3 is 0 Å². The lowest BCUT2D eigenvalue weighted by molar-refractivity contribution is 0.149. The molecule has 0 amide bonds. The molecule has 2 atom stereocenters. The van der Waals surface area contributed by atoms with Crippen molar-refractivity contribution in [1.29, 1.82) is 0 Å². The molecular weight excluding hydrogens is 306 g/mol. The highest BCUT2D eigenvalue weighted by atomic mass is 32.2. The highest BCUT2D eigenvalue weighted by Gasteiger charge is 2.26. The van der Waals surface area contributed by atoms with Crippen LogP contribution in [0, 0.1) is 5.92 Å². The molecule has 1 saturated heterocycles. The van der Waals surface area contributed by atoms with Crippen LogP contribution in [-0.4, -0.2) is 38.2 Å². The van der Waals surface area contributed by atoms with Crippen LogP contribution in [0.25, 0.3) is 10.8 Å².